The quantitative estimate of drug-likeness (QED) is 0.868. The molecule has 0 spiro atoms. The van der Waals surface area contributed by atoms with Gasteiger partial charge in [-0.25, -0.2) is 4.72 Å². The van der Waals surface area contributed by atoms with Gasteiger partial charge >= 0.3 is 0 Å². The first-order valence-corrected chi connectivity index (χ1v) is 9.36. The van der Waals surface area contributed by atoms with Crippen molar-refractivity contribution in [2.24, 2.45) is 5.92 Å². The summed E-state index contributed by atoms with van der Waals surface area (Å²) in [6, 6.07) is 10.6. The van der Waals surface area contributed by atoms with Crippen molar-refractivity contribution in [2.75, 3.05) is 33.7 Å². The van der Waals surface area contributed by atoms with E-state index in [1.165, 1.54) is 9.87 Å². The van der Waals surface area contributed by atoms with E-state index >= 15 is 0 Å². The third kappa shape index (κ3) is 4.07. The Morgan fingerprint density at radius 3 is 2.64 bits per heavy atom. The number of hydrogen-bond acceptors (Lipinski definition) is 3. The average molecular weight is 325 g/mol. The maximum absolute atomic E-state index is 12.1. The Bertz CT molecular complexity index is 562. The number of nitrogens with zero attached hydrogens (tertiary/aromatic N) is 2. The Morgan fingerprint density at radius 1 is 1.32 bits per heavy atom. The highest BCUT2D eigenvalue weighted by atomic mass is 32.2. The molecule has 0 bridgehead atoms. The minimum absolute atomic E-state index is 0.268. The van der Waals surface area contributed by atoms with Gasteiger partial charge in [-0.2, -0.15) is 12.7 Å². The summed E-state index contributed by atoms with van der Waals surface area (Å²) in [5, 5.41) is 0. The molecule has 22 heavy (non-hydrogen) atoms. The van der Waals surface area contributed by atoms with Gasteiger partial charge in [-0.1, -0.05) is 37.3 Å². The first-order valence-electron chi connectivity index (χ1n) is 7.91. The molecular formula is C16H27N3O2S. The van der Waals surface area contributed by atoms with Crippen LogP contribution in [0.15, 0.2) is 30.3 Å². The van der Waals surface area contributed by atoms with Crippen LogP contribution in [0.1, 0.15) is 31.4 Å². The van der Waals surface area contributed by atoms with E-state index in [9.17, 15) is 8.42 Å². The average Bonchev–Trinajstić information content (AvgIpc) is 2.53. The number of benzene rings is 1. The molecule has 2 atom stereocenters. The maximum Gasteiger partial charge on any atom is 0.279 e. The van der Waals surface area contributed by atoms with Gasteiger partial charge in [0.2, 0.25) is 0 Å². The van der Waals surface area contributed by atoms with Crippen LogP contribution in [0.5, 0.6) is 0 Å². The zero-order chi connectivity index (χ0) is 16.2. The van der Waals surface area contributed by atoms with Crippen LogP contribution in [0.25, 0.3) is 0 Å². The number of hydrogen-bond donors (Lipinski definition) is 1. The lowest BCUT2D eigenvalue weighted by Gasteiger charge is -2.39. The summed E-state index contributed by atoms with van der Waals surface area (Å²) in [6.07, 6.45) is 2.15. The summed E-state index contributed by atoms with van der Waals surface area (Å²) in [4.78, 5) is 2.33. The summed E-state index contributed by atoms with van der Waals surface area (Å²) in [5.41, 5.74) is 1.26. The van der Waals surface area contributed by atoms with E-state index in [-0.39, 0.29) is 6.04 Å². The largest absolute Gasteiger partial charge is 0.299 e. The van der Waals surface area contributed by atoms with Gasteiger partial charge in [0.25, 0.3) is 10.2 Å². The summed E-state index contributed by atoms with van der Waals surface area (Å²) in [7, 11) is 0.355. The minimum Gasteiger partial charge on any atom is -0.299 e. The minimum atomic E-state index is -3.37. The van der Waals surface area contributed by atoms with Crippen LogP contribution in [0.4, 0.5) is 0 Å². The normalized spacial score (nSPS) is 23.8. The molecule has 1 aromatic carbocycles. The second-order valence-corrected chi connectivity index (χ2v) is 7.87. The molecule has 0 saturated carbocycles. The van der Waals surface area contributed by atoms with Crippen LogP contribution < -0.4 is 4.72 Å². The van der Waals surface area contributed by atoms with E-state index in [0.29, 0.717) is 19.0 Å². The van der Waals surface area contributed by atoms with Gasteiger partial charge < -0.3 is 0 Å². The number of likely N-dealkylation sites (tertiary alicyclic amines) is 1. The first-order chi connectivity index (χ1) is 10.5. The van der Waals surface area contributed by atoms with E-state index in [4.69, 9.17) is 0 Å². The molecule has 0 amide bonds. The molecule has 1 fully saturated rings. The standard InChI is InChI=1S/C16H27N3O2S/c1-4-19(3)22(20,21)17-13-15-11-8-12-18(2)16(15)14-9-6-5-7-10-14/h5-7,9-10,15-17H,4,8,11-13H2,1-3H3/t15-,16-/m0/s1. The fourth-order valence-electron chi connectivity index (χ4n) is 3.14. The van der Waals surface area contributed by atoms with Gasteiger partial charge in [-0.05, 0) is 37.9 Å². The lowest BCUT2D eigenvalue weighted by molar-refractivity contribution is 0.123. The highest BCUT2D eigenvalue weighted by Gasteiger charge is 2.31. The van der Waals surface area contributed by atoms with E-state index in [0.717, 1.165) is 19.4 Å². The predicted molar refractivity (Wildman–Crippen MR) is 89.8 cm³/mol. The van der Waals surface area contributed by atoms with Gasteiger partial charge in [0, 0.05) is 26.2 Å². The molecule has 1 aliphatic rings. The van der Waals surface area contributed by atoms with Gasteiger partial charge in [0.15, 0.2) is 0 Å². The van der Waals surface area contributed by atoms with E-state index < -0.39 is 10.2 Å². The Labute approximate surface area is 134 Å². The summed E-state index contributed by atoms with van der Waals surface area (Å²) in [5.74, 6) is 0.293. The lowest BCUT2D eigenvalue weighted by atomic mass is 9.85. The third-order valence-corrected chi connectivity index (χ3v) is 6.14. The van der Waals surface area contributed by atoms with Crippen molar-refractivity contribution in [1.82, 2.24) is 13.9 Å². The van der Waals surface area contributed by atoms with Gasteiger partial charge in [-0.3, -0.25) is 4.90 Å². The van der Waals surface area contributed by atoms with Gasteiger partial charge in [0.1, 0.15) is 0 Å². The van der Waals surface area contributed by atoms with Crippen molar-refractivity contribution in [3.63, 3.8) is 0 Å². The molecular weight excluding hydrogens is 298 g/mol. The first kappa shape index (κ1) is 17.4. The van der Waals surface area contributed by atoms with Crippen molar-refractivity contribution in [2.45, 2.75) is 25.8 Å². The molecule has 1 aliphatic heterocycles. The van der Waals surface area contributed by atoms with Crippen LogP contribution in [0, 0.1) is 5.92 Å². The maximum atomic E-state index is 12.1. The Balaban J connectivity index is 2.11. The van der Waals surface area contributed by atoms with Crippen molar-refractivity contribution < 1.29 is 8.42 Å². The zero-order valence-electron chi connectivity index (χ0n) is 13.7. The molecule has 0 unspecified atom stereocenters. The molecule has 2 rings (SSSR count). The van der Waals surface area contributed by atoms with E-state index in [2.05, 4.69) is 28.8 Å². The predicted octanol–water partition coefficient (Wildman–Crippen LogP) is 1.86. The van der Waals surface area contributed by atoms with Crippen molar-refractivity contribution in [1.29, 1.82) is 0 Å². The van der Waals surface area contributed by atoms with E-state index in [1.807, 2.05) is 25.1 Å². The topological polar surface area (TPSA) is 52.7 Å². The third-order valence-electron chi connectivity index (χ3n) is 4.53. The Morgan fingerprint density at radius 2 is 2.00 bits per heavy atom. The molecule has 6 heteroatoms. The van der Waals surface area contributed by atoms with Crippen molar-refractivity contribution in [3.8, 4) is 0 Å². The molecule has 1 heterocycles. The van der Waals surface area contributed by atoms with Crippen LogP contribution in [0.2, 0.25) is 0 Å². The van der Waals surface area contributed by atoms with Crippen molar-refractivity contribution >= 4 is 10.2 Å². The second-order valence-electron chi connectivity index (χ2n) is 6.01. The van der Waals surface area contributed by atoms with E-state index in [1.54, 1.807) is 7.05 Å². The summed E-state index contributed by atoms with van der Waals surface area (Å²) < 4.78 is 28.4. The smallest absolute Gasteiger partial charge is 0.279 e. The molecule has 124 valence electrons. The molecule has 1 N–H and O–H groups in total. The molecule has 5 nitrogen and oxygen atoms in total. The number of nitrogens with one attached hydrogen (secondary N) is 1. The van der Waals surface area contributed by atoms with Gasteiger partial charge in [0.05, 0.1) is 0 Å². The van der Waals surface area contributed by atoms with Crippen LogP contribution in [-0.2, 0) is 10.2 Å². The fraction of sp³-hybridized carbons (Fsp3) is 0.625. The zero-order valence-corrected chi connectivity index (χ0v) is 14.5. The molecule has 0 aromatic heterocycles. The number of rotatable bonds is 6. The van der Waals surface area contributed by atoms with Crippen LogP contribution in [-0.4, -0.2) is 51.4 Å². The Kier molecular flexibility index (Phi) is 5.97. The van der Waals surface area contributed by atoms with Crippen LogP contribution in [0.3, 0.4) is 0 Å². The highest BCUT2D eigenvalue weighted by molar-refractivity contribution is 7.87. The lowest BCUT2D eigenvalue weighted by Crippen LogP contribution is -2.45. The molecule has 1 saturated heterocycles. The summed E-state index contributed by atoms with van der Waals surface area (Å²) in [6.45, 7) is 3.84. The SMILES string of the molecule is CCN(C)S(=O)(=O)NC[C@@H]1CCCN(C)[C@H]1c1ccccc1. The monoisotopic (exact) mass is 325 g/mol. The highest BCUT2D eigenvalue weighted by Crippen LogP contribution is 2.34. The van der Waals surface area contributed by atoms with Crippen LogP contribution >= 0.6 is 0 Å². The summed E-state index contributed by atoms with van der Waals surface area (Å²) >= 11 is 0. The second kappa shape index (κ2) is 7.55. The molecule has 0 aliphatic carbocycles. The van der Waals surface area contributed by atoms with Gasteiger partial charge in [-0.15, -0.1) is 0 Å². The Hall–Kier alpha value is -0.950. The van der Waals surface area contributed by atoms with Crippen molar-refractivity contribution in [3.05, 3.63) is 35.9 Å². The molecule has 0 radical (unpaired) electrons. The molecule has 1 aromatic rings. The number of piperidine rings is 1. The fourth-order valence-corrected chi connectivity index (χ4v) is 4.13.